The second-order valence-electron chi connectivity index (χ2n) is 9.01. The van der Waals surface area contributed by atoms with Gasteiger partial charge in [0.15, 0.2) is 17.3 Å². The Kier molecular flexibility index (Phi) is 5.19. The van der Waals surface area contributed by atoms with Gasteiger partial charge in [0.1, 0.15) is 11.5 Å². The molecule has 0 spiro atoms. The third-order valence-electron chi connectivity index (χ3n) is 6.90. The summed E-state index contributed by atoms with van der Waals surface area (Å²) in [6, 6.07) is 14.5. The molecule has 3 heterocycles. The van der Waals surface area contributed by atoms with Gasteiger partial charge in [-0.2, -0.15) is 0 Å². The Hall–Kier alpha value is -4.72. The Bertz CT molecular complexity index is 1620. The number of nitrogens with zero attached hydrogens (tertiary/aromatic N) is 1. The monoisotopic (exact) mass is 497 g/mol. The quantitative estimate of drug-likeness (QED) is 0.242. The van der Waals surface area contributed by atoms with Crippen LogP contribution < -0.4 is 18.9 Å². The largest absolute Gasteiger partial charge is 0.502 e. The first-order valence-corrected chi connectivity index (χ1v) is 11.7. The van der Waals surface area contributed by atoms with Crippen LogP contribution in [-0.2, 0) is 11.8 Å². The van der Waals surface area contributed by atoms with E-state index >= 15 is 0 Å². The molecule has 0 fully saturated rings. The van der Waals surface area contributed by atoms with E-state index in [1.165, 1.54) is 14.2 Å². The number of hydrogen-bond acceptors (Lipinski definition) is 7. The lowest BCUT2D eigenvalue weighted by atomic mass is 9.84. The molecule has 1 aromatic heterocycles. The zero-order valence-corrected chi connectivity index (χ0v) is 20.4. The summed E-state index contributed by atoms with van der Waals surface area (Å²) in [4.78, 5) is 25.9. The van der Waals surface area contributed by atoms with Gasteiger partial charge in [-0.3, -0.25) is 9.59 Å². The highest BCUT2D eigenvalue weighted by Crippen LogP contribution is 2.51. The van der Waals surface area contributed by atoms with Gasteiger partial charge in [-0.05, 0) is 42.0 Å². The highest BCUT2D eigenvalue weighted by molar-refractivity contribution is 6.15. The summed E-state index contributed by atoms with van der Waals surface area (Å²) in [5.41, 5.74) is 3.53. The first-order chi connectivity index (χ1) is 17.9. The predicted octanol–water partition coefficient (Wildman–Crippen LogP) is 4.96. The van der Waals surface area contributed by atoms with E-state index in [2.05, 4.69) is 0 Å². The van der Waals surface area contributed by atoms with E-state index in [-0.39, 0.29) is 35.2 Å². The lowest BCUT2D eigenvalue weighted by molar-refractivity contribution is -0.135. The normalized spacial score (nSPS) is 17.4. The fourth-order valence-corrected chi connectivity index (χ4v) is 5.14. The number of para-hydroxylation sites is 1. The van der Waals surface area contributed by atoms with E-state index in [0.29, 0.717) is 28.2 Å². The van der Waals surface area contributed by atoms with Gasteiger partial charge in [-0.15, -0.1) is 0 Å². The number of carbonyl (C=O) groups excluding carboxylic acids is 2. The third-order valence-corrected chi connectivity index (χ3v) is 6.90. The number of methoxy groups -OCH3 is 2. The third kappa shape index (κ3) is 3.52. The summed E-state index contributed by atoms with van der Waals surface area (Å²) in [7, 11) is 4.82. The molecule has 37 heavy (non-hydrogen) atoms. The van der Waals surface area contributed by atoms with Gasteiger partial charge in [0.2, 0.25) is 11.5 Å². The van der Waals surface area contributed by atoms with Gasteiger partial charge in [-0.1, -0.05) is 18.2 Å². The van der Waals surface area contributed by atoms with Crippen LogP contribution in [0.25, 0.3) is 17.0 Å². The molecule has 3 aromatic carbocycles. The molecular formula is C29H23NO7. The fraction of sp³-hybridized carbons (Fsp3) is 0.172. The SMILES string of the molecule is COc1cc([C@H]2CC(=O)Oc3ccc4c(c32)O/C(=C/c2cn(C)c3ccccc23)C4=O)cc(OC)c1O. The first kappa shape index (κ1) is 22.7. The number of phenols is 1. The molecule has 0 saturated heterocycles. The molecule has 8 nitrogen and oxygen atoms in total. The fourth-order valence-electron chi connectivity index (χ4n) is 5.14. The number of hydrogen-bond donors (Lipinski definition) is 1. The van der Waals surface area contributed by atoms with E-state index in [4.69, 9.17) is 18.9 Å². The van der Waals surface area contributed by atoms with Crippen molar-refractivity contribution in [3.05, 3.63) is 82.7 Å². The molecule has 0 amide bonds. The van der Waals surface area contributed by atoms with Gasteiger partial charge in [0.05, 0.1) is 26.2 Å². The molecule has 1 N–H and O–H groups in total. The second-order valence-corrected chi connectivity index (χ2v) is 9.01. The maximum absolute atomic E-state index is 13.4. The Morgan fingerprint density at radius 1 is 1.03 bits per heavy atom. The summed E-state index contributed by atoms with van der Waals surface area (Å²) in [6.07, 6.45) is 3.71. The summed E-state index contributed by atoms with van der Waals surface area (Å²) in [6.45, 7) is 0. The number of phenolic OH excluding ortho intramolecular Hbond substituents is 1. The van der Waals surface area contributed by atoms with Gasteiger partial charge in [0, 0.05) is 41.2 Å². The van der Waals surface area contributed by atoms with Crippen LogP contribution in [0.4, 0.5) is 0 Å². The topological polar surface area (TPSA) is 96.2 Å². The average molecular weight is 498 g/mol. The maximum Gasteiger partial charge on any atom is 0.312 e. The van der Waals surface area contributed by atoms with Gasteiger partial charge >= 0.3 is 5.97 Å². The number of Topliss-reactive ketones (excluding diaryl/α,β-unsaturated/α-hetero) is 1. The lowest BCUT2D eigenvalue weighted by Crippen LogP contribution is -2.21. The number of benzene rings is 3. The molecule has 1 atom stereocenters. The van der Waals surface area contributed by atoms with Gasteiger partial charge in [-0.25, -0.2) is 0 Å². The van der Waals surface area contributed by atoms with Crippen LogP contribution in [0, 0.1) is 0 Å². The molecule has 6 rings (SSSR count). The van der Waals surface area contributed by atoms with Crippen LogP contribution in [0.15, 0.2) is 60.5 Å². The van der Waals surface area contributed by atoms with E-state index in [9.17, 15) is 14.7 Å². The molecule has 0 aliphatic carbocycles. The number of aromatic nitrogens is 1. The minimum Gasteiger partial charge on any atom is -0.502 e. The molecule has 186 valence electrons. The average Bonchev–Trinajstić information content (AvgIpc) is 3.39. The number of ether oxygens (including phenoxy) is 4. The summed E-state index contributed by atoms with van der Waals surface area (Å²) in [5, 5.41) is 11.4. The number of allylic oxidation sites excluding steroid dienone is 1. The molecule has 4 aromatic rings. The van der Waals surface area contributed by atoms with Crippen molar-refractivity contribution in [2.24, 2.45) is 7.05 Å². The second kappa shape index (κ2) is 8.44. The maximum atomic E-state index is 13.4. The van der Waals surface area contributed by atoms with E-state index in [1.807, 2.05) is 42.1 Å². The van der Waals surface area contributed by atoms with Crippen molar-refractivity contribution in [1.82, 2.24) is 4.57 Å². The van der Waals surface area contributed by atoms with E-state index < -0.39 is 11.9 Å². The van der Waals surface area contributed by atoms with Crippen LogP contribution in [0.3, 0.4) is 0 Å². The van der Waals surface area contributed by atoms with Crippen molar-refractivity contribution in [2.75, 3.05) is 14.2 Å². The van der Waals surface area contributed by atoms with E-state index in [1.54, 1.807) is 30.3 Å². The number of esters is 1. The number of rotatable bonds is 4. The Morgan fingerprint density at radius 3 is 2.49 bits per heavy atom. The first-order valence-electron chi connectivity index (χ1n) is 11.7. The standard InChI is InChI=1S/C29H23NO7/c1-30-14-16(17-6-4-5-7-20(17)30)12-24-27(32)18-8-9-21-26(29(18)37-24)19(13-25(31)36-21)15-10-22(34-2)28(33)23(11-15)35-3/h4-12,14,19,33H,13H2,1-3H3/b24-12+/t19-/m1/s1. The smallest absolute Gasteiger partial charge is 0.312 e. The van der Waals surface area contributed by atoms with Crippen molar-refractivity contribution >= 4 is 28.7 Å². The summed E-state index contributed by atoms with van der Waals surface area (Å²) in [5.74, 6) is -0.0378. The molecule has 2 aliphatic rings. The molecular weight excluding hydrogens is 474 g/mol. The molecule has 0 unspecified atom stereocenters. The lowest BCUT2D eigenvalue weighted by Gasteiger charge is -2.27. The van der Waals surface area contributed by atoms with Crippen LogP contribution >= 0.6 is 0 Å². The summed E-state index contributed by atoms with van der Waals surface area (Å²) < 4.78 is 24.4. The molecule has 0 bridgehead atoms. The van der Waals surface area contributed by atoms with Crippen LogP contribution in [-0.4, -0.2) is 35.6 Å². The van der Waals surface area contributed by atoms with Crippen LogP contribution in [0.5, 0.6) is 28.7 Å². The predicted molar refractivity (Wildman–Crippen MR) is 136 cm³/mol. The number of aryl methyl sites for hydroxylation is 1. The van der Waals surface area contributed by atoms with Gasteiger partial charge in [0.25, 0.3) is 0 Å². The summed E-state index contributed by atoms with van der Waals surface area (Å²) >= 11 is 0. The molecule has 8 heteroatoms. The van der Waals surface area contributed by atoms with Crippen molar-refractivity contribution in [3.63, 3.8) is 0 Å². The van der Waals surface area contributed by atoms with Crippen molar-refractivity contribution < 1.29 is 33.6 Å². The van der Waals surface area contributed by atoms with E-state index in [0.717, 1.165) is 16.5 Å². The Balaban J connectivity index is 1.48. The Morgan fingerprint density at radius 2 is 1.76 bits per heavy atom. The van der Waals surface area contributed by atoms with Crippen molar-refractivity contribution in [1.29, 1.82) is 0 Å². The number of carbonyl (C=O) groups is 2. The van der Waals surface area contributed by atoms with Crippen LogP contribution in [0.2, 0.25) is 0 Å². The number of aromatic hydroxyl groups is 1. The zero-order valence-electron chi connectivity index (χ0n) is 20.4. The Labute approximate surface area is 212 Å². The number of ketones is 1. The molecule has 0 radical (unpaired) electrons. The zero-order chi connectivity index (χ0) is 25.8. The van der Waals surface area contributed by atoms with Gasteiger partial charge < -0.3 is 28.6 Å². The molecule has 0 saturated carbocycles. The molecule has 2 aliphatic heterocycles. The van der Waals surface area contributed by atoms with Crippen molar-refractivity contribution in [2.45, 2.75) is 12.3 Å². The minimum absolute atomic E-state index is 0.0143. The highest BCUT2D eigenvalue weighted by Gasteiger charge is 2.39. The minimum atomic E-state index is -0.515. The van der Waals surface area contributed by atoms with Crippen LogP contribution in [0.1, 0.15) is 39.4 Å². The number of fused-ring (bicyclic) bond motifs is 4. The van der Waals surface area contributed by atoms with Crippen molar-refractivity contribution in [3.8, 4) is 28.7 Å². The highest BCUT2D eigenvalue weighted by atomic mass is 16.5.